The number of nitrogens with one attached hydrogen (secondary N) is 2. The smallest absolute Gasteiger partial charge is 0.426 e. The van der Waals surface area contributed by atoms with Crippen LogP contribution in [0.2, 0.25) is 0 Å². The van der Waals surface area contributed by atoms with Crippen LogP contribution in [-0.2, 0) is 22.6 Å². The van der Waals surface area contributed by atoms with Gasteiger partial charge in [0.25, 0.3) is 5.91 Å². The molecule has 27 heavy (non-hydrogen) atoms. The molecule has 0 spiro atoms. The summed E-state index contributed by atoms with van der Waals surface area (Å²) in [5, 5.41) is 0. The first-order valence-electron chi connectivity index (χ1n) is 8.40. The first kappa shape index (κ1) is 23.3. The number of carbonyl (C=O) groups excluding carboxylic acids is 2. The number of methoxy groups -OCH3 is 2. The van der Waals surface area contributed by atoms with Crippen LogP contribution in [0.25, 0.3) is 0 Å². The van der Waals surface area contributed by atoms with Gasteiger partial charge < -0.3 is 42.7 Å². The Morgan fingerprint density at radius 1 is 1.04 bits per heavy atom. The molecule has 2 amide bonds. The molecule has 2 N–H and O–H groups in total. The van der Waals surface area contributed by atoms with E-state index in [1.54, 1.807) is 35.0 Å². The highest BCUT2D eigenvalue weighted by molar-refractivity contribution is 5.80. The van der Waals surface area contributed by atoms with Gasteiger partial charge in [-0.15, -0.1) is 0 Å². The van der Waals surface area contributed by atoms with E-state index in [1.807, 2.05) is 19.2 Å². The first-order valence-corrected chi connectivity index (χ1v) is 8.40. The monoisotopic (exact) mass is 493 g/mol. The van der Waals surface area contributed by atoms with Crippen molar-refractivity contribution < 1.29 is 52.3 Å². The molecule has 2 rings (SSSR count). The van der Waals surface area contributed by atoms with Crippen molar-refractivity contribution in [2.75, 3.05) is 27.8 Å². The molecule has 1 aromatic rings. The fraction of sp³-hybridized carbons (Fsp3) is 0.556. The second-order valence-corrected chi connectivity index (χ2v) is 7.74. The first-order chi connectivity index (χ1) is 12.0. The van der Waals surface area contributed by atoms with E-state index in [0.29, 0.717) is 29.1 Å². The number of ether oxygens (including phenoxy) is 3. The number of benzene rings is 1. The summed E-state index contributed by atoms with van der Waals surface area (Å²) in [6.45, 7) is 6.86. The van der Waals surface area contributed by atoms with E-state index < -0.39 is 11.7 Å². The van der Waals surface area contributed by atoms with Crippen LogP contribution in [0, 0.1) is 0 Å². The summed E-state index contributed by atoms with van der Waals surface area (Å²) in [6.07, 6.45) is -0.687. The SMILES string of the molecule is COc1cc2c(cc1OC)C[N+](C)(CC(=O)NNC(=O)OC(C)(C)C)C2.[I-]. The molecule has 1 aliphatic rings. The normalized spacial score (nSPS) is 14.4. The third-order valence-corrected chi connectivity index (χ3v) is 4.04. The van der Waals surface area contributed by atoms with E-state index in [-0.39, 0.29) is 36.4 Å². The van der Waals surface area contributed by atoms with Crippen LogP contribution in [0.4, 0.5) is 4.79 Å². The summed E-state index contributed by atoms with van der Waals surface area (Å²) in [5.41, 5.74) is 6.30. The third kappa shape index (κ3) is 6.42. The van der Waals surface area contributed by atoms with Gasteiger partial charge in [-0.1, -0.05) is 0 Å². The van der Waals surface area contributed by atoms with Gasteiger partial charge in [-0.2, -0.15) is 0 Å². The highest BCUT2D eigenvalue weighted by atomic mass is 127. The molecule has 0 aliphatic carbocycles. The van der Waals surface area contributed by atoms with Crippen molar-refractivity contribution in [1.29, 1.82) is 0 Å². The molecule has 0 fully saturated rings. The van der Waals surface area contributed by atoms with E-state index in [0.717, 1.165) is 11.1 Å². The van der Waals surface area contributed by atoms with Gasteiger partial charge in [0.05, 0.1) is 21.3 Å². The summed E-state index contributed by atoms with van der Waals surface area (Å²) in [4.78, 5) is 23.8. The molecule has 9 heteroatoms. The van der Waals surface area contributed by atoms with Gasteiger partial charge in [-0.3, -0.25) is 10.2 Å². The molecule has 0 saturated carbocycles. The minimum absolute atomic E-state index is 0. The molecule has 0 atom stereocenters. The minimum Gasteiger partial charge on any atom is -1.00 e. The van der Waals surface area contributed by atoms with E-state index >= 15 is 0 Å². The lowest BCUT2D eigenvalue weighted by atomic mass is 10.1. The van der Waals surface area contributed by atoms with Crippen molar-refractivity contribution >= 4 is 12.0 Å². The van der Waals surface area contributed by atoms with Crippen molar-refractivity contribution in [3.8, 4) is 11.5 Å². The van der Waals surface area contributed by atoms with E-state index in [1.165, 1.54) is 0 Å². The summed E-state index contributed by atoms with van der Waals surface area (Å²) >= 11 is 0. The standard InChI is InChI=1S/C18H27N3O5.HI/c1-18(2,3)26-17(23)20-19-16(22)11-21(4)9-12-7-14(24-5)15(25-6)8-13(12)10-21;/h7-8H,9-11H2,1-6H3,(H-,19,20,22,23);1H. The minimum atomic E-state index is -0.687. The van der Waals surface area contributed by atoms with E-state index in [9.17, 15) is 9.59 Å². The molecule has 0 unspecified atom stereocenters. The Bertz CT molecular complexity index is 670. The molecular formula is C18H28IN3O5. The number of amides is 2. The fourth-order valence-electron chi connectivity index (χ4n) is 3.06. The zero-order chi connectivity index (χ0) is 19.5. The van der Waals surface area contributed by atoms with Gasteiger partial charge in [-0.25, -0.2) is 10.2 Å². The number of fused-ring (bicyclic) bond motifs is 1. The molecule has 0 radical (unpaired) electrons. The van der Waals surface area contributed by atoms with Gasteiger partial charge in [0.2, 0.25) is 0 Å². The zero-order valence-electron chi connectivity index (χ0n) is 16.6. The lowest BCUT2D eigenvalue weighted by Crippen LogP contribution is -3.00. The van der Waals surface area contributed by atoms with Gasteiger partial charge in [0, 0.05) is 11.1 Å². The molecule has 0 aromatic heterocycles. The van der Waals surface area contributed by atoms with E-state index in [4.69, 9.17) is 14.2 Å². The molecule has 152 valence electrons. The highest BCUT2D eigenvalue weighted by Gasteiger charge is 2.35. The fourth-order valence-corrected chi connectivity index (χ4v) is 3.06. The van der Waals surface area contributed by atoms with Gasteiger partial charge in [0.15, 0.2) is 18.0 Å². The van der Waals surface area contributed by atoms with Gasteiger partial charge in [0.1, 0.15) is 18.7 Å². The largest absolute Gasteiger partial charge is 1.00 e. The Kier molecular flexibility index (Phi) is 7.73. The van der Waals surface area contributed by atoms with Crippen LogP contribution in [0.15, 0.2) is 12.1 Å². The summed E-state index contributed by atoms with van der Waals surface area (Å²) in [7, 11) is 5.19. The maximum Gasteiger partial charge on any atom is 0.426 e. The van der Waals surface area contributed by atoms with Gasteiger partial charge >= 0.3 is 6.09 Å². The van der Waals surface area contributed by atoms with Crippen molar-refractivity contribution in [1.82, 2.24) is 10.9 Å². The van der Waals surface area contributed by atoms with Crippen LogP contribution < -0.4 is 44.3 Å². The van der Waals surface area contributed by atoms with E-state index in [2.05, 4.69) is 10.9 Å². The van der Waals surface area contributed by atoms with Crippen LogP contribution in [0.1, 0.15) is 31.9 Å². The zero-order valence-corrected chi connectivity index (χ0v) is 18.8. The lowest BCUT2D eigenvalue weighted by molar-refractivity contribution is -0.921. The number of likely N-dealkylation sites (N-methyl/N-ethyl adjacent to an activating group) is 1. The Labute approximate surface area is 177 Å². The van der Waals surface area contributed by atoms with Crippen LogP contribution in [-0.4, -0.2) is 49.9 Å². The topological polar surface area (TPSA) is 85.9 Å². The number of quaternary nitrogens is 1. The predicted molar refractivity (Wildman–Crippen MR) is 95.5 cm³/mol. The number of hydrazine groups is 1. The number of nitrogens with zero attached hydrogens (tertiary/aromatic N) is 1. The van der Waals surface area contributed by atoms with Gasteiger partial charge in [-0.05, 0) is 32.9 Å². The molecule has 0 saturated heterocycles. The number of hydrogen-bond donors (Lipinski definition) is 2. The van der Waals surface area contributed by atoms with Crippen LogP contribution in [0.3, 0.4) is 0 Å². The number of carbonyl (C=O) groups is 2. The molecule has 1 heterocycles. The van der Waals surface area contributed by atoms with Crippen LogP contribution >= 0.6 is 0 Å². The average molecular weight is 493 g/mol. The van der Waals surface area contributed by atoms with Crippen molar-refractivity contribution in [3.63, 3.8) is 0 Å². The maximum atomic E-state index is 12.2. The number of rotatable bonds is 4. The number of hydrogen-bond acceptors (Lipinski definition) is 5. The average Bonchev–Trinajstić information content (AvgIpc) is 2.84. The quantitative estimate of drug-likeness (QED) is 0.311. The van der Waals surface area contributed by atoms with Crippen LogP contribution in [0.5, 0.6) is 11.5 Å². The highest BCUT2D eigenvalue weighted by Crippen LogP contribution is 2.37. The Hall–Kier alpha value is -1.75. The van der Waals surface area contributed by atoms with Crippen molar-refractivity contribution in [3.05, 3.63) is 23.3 Å². The summed E-state index contributed by atoms with van der Waals surface area (Å²) < 4.78 is 16.3. The Balaban J connectivity index is 0.00000364. The maximum absolute atomic E-state index is 12.2. The third-order valence-electron chi connectivity index (χ3n) is 4.04. The molecule has 1 aliphatic heterocycles. The Morgan fingerprint density at radius 3 is 1.93 bits per heavy atom. The lowest BCUT2D eigenvalue weighted by Gasteiger charge is -2.28. The summed E-state index contributed by atoms with van der Waals surface area (Å²) in [6, 6.07) is 3.91. The molecule has 1 aromatic carbocycles. The predicted octanol–water partition coefficient (Wildman–Crippen LogP) is -1.28. The number of halogens is 1. The van der Waals surface area contributed by atoms with Crippen molar-refractivity contribution in [2.24, 2.45) is 0 Å². The molecular weight excluding hydrogens is 465 g/mol. The van der Waals surface area contributed by atoms with Crippen molar-refractivity contribution in [2.45, 2.75) is 39.5 Å². The Morgan fingerprint density at radius 2 is 1.52 bits per heavy atom. The molecule has 0 bridgehead atoms. The second-order valence-electron chi connectivity index (χ2n) is 7.74. The summed E-state index contributed by atoms with van der Waals surface area (Å²) in [5.74, 6) is 1.07. The second kappa shape index (κ2) is 8.96. The molecule has 8 nitrogen and oxygen atoms in total.